The normalized spacial score (nSPS) is 22.5. The fourth-order valence-corrected chi connectivity index (χ4v) is 3.49. The Balaban J connectivity index is 1.99. The first-order chi connectivity index (χ1) is 8.18. The molecule has 0 aliphatic heterocycles. The van der Waals surface area contributed by atoms with Gasteiger partial charge in [-0.05, 0) is 31.6 Å². The van der Waals surface area contributed by atoms with E-state index < -0.39 is 0 Å². The van der Waals surface area contributed by atoms with Gasteiger partial charge in [0.25, 0.3) is 0 Å². The van der Waals surface area contributed by atoms with Crippen LogP contribution in [0.25, 0.3) is 0 Å². The van der Waals surface area contributed by atoms with Crippen LogP contribution >= 0.6 is 0 Å². The SMILES string of the molecule is CC(C)CN(C(=N)C1CCCC1)C1CCCC1. The molecule has 0 radical (unpaired) electrons. The molecule has 2 rings (SSSR count). The first-order valence-electron chi connectivity index (χ1n) is 7.53. The summed E-state index contributed by atoms with van der Waals surface area (Å²) in [5.41, 5.74) is 0. The number of hydrogen-bond acceptors (Lipinski definition) is 1. The Bertz CT molecular complexity index is 248. The second-order valence-electron chi connectivity index (χ2n) is 6.35. The second kappa shape index (κ2) is 5.88. The van der Waals surface area contributed by atoms with E-state index in [4.69, 9.17) is 5.41 Å². The highest BCUT2D eigenvalue weighted by Crippen LogP contribution is 2.31. The maximum Gasteiger partial charge on any atom is 0.0992 e. The zero-order valence-corrected chi connectivity index (χ0v) is 11.5. The molecule has 0 saturated heterocycles. The first kappa shape index (κ1) is 12.9. The second-order valence-corrected chi connectivity index (χ2v) is 6.35. The van der Waals surface area contributed by atoms with Crippen LogP contribution in [0.5, 0.6) is 0 Å². The predicted molar refractivity (Wildman–Crippen MR) is 73.5 cm³/mol. The van der Waals surface area contributed by atoms with E-state index in [-0.39, 0.29) is 0 Å². The van der Waals surface area contributed by atoms with Crippen molar-refractivity contribution in [3.8, 4) is 0 Å². The van der Waals surface area contributed by atoms with Crippen molar-refractivity contribution in [2.45, 2.75) is 71.3 Å². The van der Waals surface area contributed by atoms with Crippen LogP contribution in [-0.2, 0) is 0 Å². The molecule has 0 bridgehead atoms. The highest BCUT2D eigenvalue weighted by Gasteiger charge is 2.30. The average molecular weight is 236 g/mol. The van der Waals surface area contributed by atoms with E-state index in [1.807, 2.05) is 0 Å². The monoisotopic (exact) mass is 236 g/mol. The number of rotatable bonds is 4. The smallest absolute Gasteiger partial charge is 0.0992 e. The maximum atomic E-state index is 8.53. The van der Waals surface area contributed by atoms with Crippen LogP contribution in [0.3, 0.4) is 0 Å². The Labute approximate surface area is 106 Å². The summed E-state index contributed by atoms with van der Waals surface area (Å²) in [7, 11) is 0. The maximum absolute atomic E-state index is 8.53. The topological polar surface area (TPSA) is 27.1 Å². The van der Waals surface area contributed by atoms with Crippen LogP contribution in [0, 0.1) is 17.2 Å². The Hall–Kier alpha value is -0.530. The summed E-state index contributed by atoms with van der Waals surface area (Å²) in [5, 5.41) is 8.53. The van der Waals surface area contributed by atoms with Gasteiger partial charge in [-0.15, -0.1) is 0 Å². The van der Waals surface area contributed by atoms with E-state index >= 15 is 0 Å². The molecule has 2 nitrogen and oxygen atoms in total. The Morgan fingerprint density at radius 3 is 2.12 bits per heavy atom. The summed E-state index contributed by atoms with van der Waals surface area (Å²) < 4.78 is 0. The van der Waals surface area contributed by atoms with Crippen molar-refractivity contribution in [3.63, 3.8) is 0 Å². The van der Waals surface area contributed by atoms with Gasteiger partial charge in [-0.3, -0.25) is 5.41 Å². The molecule has 2 aliphatic carbocycles. The van der Waals surface area contributed by atoms with Gasteiger partial charge >= 0.3 is 0 Å². The van der Waals surface area contributed by atoms with Gasteiger partial charge in [0.1, 0.15) is 0 Å². The van der Waals surface area contributed by atoms with Crippen LogP contribution in [-0.4, -0.2) is 23.3 Å². The Kier molecular flexibility index (Phi) is 4.47. The summed E-state index contributed by atoms with van der Waals surface area (Å²) >= 11 is 0. The molecule has 0 spiro atoms. The molecule has 2 saturated carbocycles. The quantitative estimate of drug-likeness (QED) is 0.578. The number of nitrogens with zero attached hydrogens (tertiary/aromatic N) is 1. The standard InChI is InChI=1S/C15H28N2/c1-12(2)11-17(14-9-5-6-10-14)15(16)13-7-3-4-8-13/h12-14,16H,3-11H2,1-2H3. The highest BCUT2D eigenvalue weighted by molar-refractivity contribution is 5.82. The van der Waals surface area contributed by atoms with E-state index in [0.717, 1.165) is 12.4 Å². The van der Waals surface area contributed by atoms with Crippen molar-refractivity contribution in [1.29, 1.82) is 5.41 Å². The molecule has 0 atom stereocenters. The van der Waals surface area contributed by atoms with E-state index in [1.54, 1.807) is 0 Å². The van der Waals surface area contributed by atoms with Gasteiger partial charge in [0, 0.05) is 18.5 Å². The molecule has 0 amide bonds. The van der Waals surface area contributed by atoms with Crippen molar-refractivity contribution < 1.29 is 0 Å². The zero-order chi connectivity index (χ0) is 12.3. The van der Waals surface area contributed by atoms with Gasteiger partial charge in [-0.25, -0.2) is 0 Å². The lowest BCUT2D eigenvalue weighted by Crippen LogP contribution is -2.43. The summed E-state index contributed by atoms with van der Waals surface area (Å²) in [5.74, 6) is 2.23. The van der Waals surface area contributed by atoms with E-state index in [2.05, 4.69) is 18.7 Å². The van der Waals surface area contributed by atoms with Gasteiger partial charge in [0.05, 0.1) is 5.84 Å². The minimum Gasteiger partial charge on any atom is -0.357 e. The van der Waals surface area contributed by atoms with Crippen molar-refractivity contribution >= 4 is 5.84 Å². The molecule has 2 fully saturated rings. The number of hydrogen-bond donors (Lipinski definition) is 1. The van der Waals surface area contributed by atoms with Crippen molar-refractivity contribution in [1.82, 2.24) is 4.90 Å². The van der Waals surface area contributed by atoms with Crippen molar-refractivity contribution in [2.75, 3.05) is 6.54 Å². The molecule has 0 aromatic rings. The van der Waals surface area contributed by atoms with Gasteiger partial charge < -0.3 is 4.90 Å². The molecule has 0 unspecified atom stereocenters. The van der Waals surface area contributed by atoms with Crippen LogP contribution in [0.15, 0.2) is 0 Å². The van der Waals surface area contributed by atoms with Crippen molar-refractivity contribution in [2.24, 2.45) is 11.8 Å². The summed E-state index contributed by atoms with van der Waals surface area (Å²) in [6.07, 6.45) is 10.6. The number of amidine groups is 1. The minimum absolute atomic E-state index is 0.578. The van der Waals surface area contributed by atoms with Gasteiger partial charge in [-0.2, -0.15) is 0 Å². The molecule has 0 heterocycles. The highest BCUT2D eigenvalue weighted by atomic mass is 15.2. The molecule has 2 heteroatoms. The summed E-state index contributed by atoms with van der Waals surface area (Å²) in [4.78, 5) is 2.47. The lowest BCUT2D eigenvalue weighted by atomic mass is 10.0. The van der Waals surface area contributed by atoms with Crippen molar-refractivity contribution in [3.05, 3.63) is 0 Å². The summed E-state index contributed by atoms with van der Waals surface area (Å²) in [6.45, 7) is 5.66. The fourth-order valence-electron chi connectivity index (χ4n) is 3.49. The third-order valence-corrected chi connectivity index (χ3v) is 4.38. The minimum atomic E-state index is 0.578. The molecule has 0 aromatic heterocycles. The molecule has 0 aromatic carbocycles. The molecular weight excluding hydrogens is 208 g/mol. The Morgan fingerprint density at radius 2 is 1.59 bits per heavy atom. The third-order valence-electron chi connectivity index (χ3n) is 4.38. The molecule has 17 heavy (non-hydrogen) atoms. The van der Waals surface area contributed by atoms with E-state index in [0.29, 0.717) is 17.9 Å². The van der Waals surface area contributed by atoms with Gasteiger partial charge in [0.2, 0.25) is 0 Å². The van der Waals surface area contributed by atoms with E-state index in [9.17, 15) is 0 Å². The van der Waals surface area contributed by atoms with Crippen LogP contribution in [0.4, 0.5) is 0 Å². The van der Waals surface area contributed by atoms with Crippen LogP contribution < -0.4 is 0 Å². The number of nitrogens with one attached hydrogen (secondary N) is 1. The van der Waals surface area contributed by atoms with Gasteiger partial charge in [0.15, 0.2) is 0 Å². The molecule has 1 N–H and O–H groups in total. The fraction of sp³-hybridized carbons (Fsp3) is 0.933. The molecule has 2 aliphatic rings. The van der Waals surface area contributed by atoms with Crippen LogP contribution in [0.2, 0.25) is 0 Å². The molecular formula is C15H28N2. The summed E-state index contributed by atoms with van der Waals surface area (Å²) in [6, 6.07) is 0.686. The van der Waals surface area contributed by atoms with Gasteiger partial charge in [-0.1, -0.05) is 39.5 Å². The van der Waals surface area contributed by atoms with E-state index in [1.165, 1.54) is 51.4 Å². The van der Waals surface area contributed by atoms with Crippen LogP contribution in [0.1, 0.15) is 65.2 Å². The predicted octanol–water partition coefficient (Wildman–Crippen LogP) is 4.05. The Morgan fingerprint density at radius 1 is 1.06 bits per heavy atom. The average Bonchev–Trinajstić information content (AvgIpc) is 2.96. The lowest BCUT2D eigenvalue weighted by molar-refractivity contribution is 0.267. The first-order valence-corrected chi connectivity index (χ1v) is 7.53. The lowest BCUT2D eigenvalue weighted by Gasteiger charge is -2.35. The largest absolute Gasteiger partial charge is 0.357 e. The molecule has 98 valence electrons. The zero-order valence-electron chi connectivity index (χ0n) is 11.5. The third kappa shape index (κ3) is 3.23.